The third kappa shape index (κ3) is 56.9. The second-order valence-electron chi connectivity index (χ2n) is 23.9. The van der Waals surface area contributed by atoms with Gasteiger partial charge in [0.05, 0.1) is 26.4 Å². The molecule has 0 amide bonds. The van der Waals surface area contributed by atoms with Gasteiger partial charge in [0.25, 0.3) is 0 Å². The standard InChI is InChI=1S/C62H120O17P2/c1-8-9-10-11-19-29-36-43-59(64)72-49-58(79-62(67)46-39-32-25-23-28-35-42-55(6)7)52-77-81(70,71)75-48-56(63)47-74-80(68,69)76-51-57(50-73-60(65)44-37-30-24-22-27-34-41-54(4)5)78-61(66)45-38-31-21-18-16-14-12-13-15-17-20-26-33-40-53(2)3/h53-58,63H,8-52H2,1-7H3,(H,68,69)(H,70,71)/t56-,57-,58-/m1/s1. The van der Waals surface area contributed by atoms with Crippen LogP contribution in [0.1, 0.15) is 299 Å². The van der Waals surface area contributed by atoms with Gasteiger partial charge >= 0.3 is 39.5 Å². The summed E-state index contributed by atoms with van der Waals surface area (Å²) >= 11 is 0. The minimum Gasteiger partial charge on any atom is -0.462 e. The van der Waals surface area contributed by atoms with Crippen molar-refractivity contribution in [2.75, 3.05) is 39.6 Å². The molecule has 0 saturated heterocycles. The number of rotatable bonds is 60. The van der Waals surface area contributed by atoms with Gasteiger partial charge in [-0.3, -0.25) is 37.3 Å². The SMILES string of the molecule is CCCCCCCCCC(=O)OC[C@H](COP(=O)(O)OC[C@H](O)COP(=O)(O)OC[C@@H](COC(=O)CCCCCCCCC(C)C)OC(=O)CCCCCCCCCCCCCCCC(C)C)OC(=O)CCCCCCCCC(C)C. The summed E-state index contributed by atoms with van der Waals surface area (Å²) in [6.07, 6.45) is 33.9. The first-order chi connectivity index (χ1) is 38.7. The van der Waals surface area contributed by atoms with Gasteiger partial charge in [-0.05, 0) is 43.4 Å². The monoisotopic (exact) mass is 1200 g/mol. The maximum Gasteiger partial charge on any atom is 0.472 e. The molecule has 480 valence electrons. The molecule has 0 aliphatic rings. The lowest BCUT2D eigenvalue weighted by atomic mass is 10.0. The van der Waals surface area contributed by atoms with Crippen LogP contribution in [-0.4, -0.2) is 96.7 Å². The number of carbonyl (C=O) groups excluding carboxylic acids is 4. The molecule has 0 aliphatic carbocycles. The van der Waals surface area contributed by atoms with E-state index in [4.69, 9.17) is 37.0 Å². The molecule has 0 spiro atoms. The Bertz CT molecular complexity index is 1610. The summed E-state index contributed by atoms with van der Waals surface area (Å²) in [5.41, 5.74) is 0. The molecule has 0 bridgehead atoms. The van der Waals surface area contributed by atoms with E-state index in [1.807, 2.05) is 0 Å². The van der Waals surface area contributed by atoms with E-state index < -0.39 is 97.5 Å². The van der Waals surface area contributed by atoms with E-state index in [2.05, 4.69) is 48.5 Å². The largest absolute Gasteiger partial charge is 0.472 e. The van der Waals surface area contributed by atoms with Crippen LogP contribution in [0.4, 0.5) is 0 Å². The molecule has 0 aromatic heterocycles. The highest BCUT2D eigenvalue weighted by Gasteiger charge is 2.30. The molecule has 2 unspecified atom stereocenters. The average Bonchev–Trinajstić information content (AvgIpc) is 3.41. The number of phosphoric acid groups is 2. The zero-order valence-electron chi connectivity index (χ0n) is 52.2. The van der Waals surface area contributed by atoms with E-state index in [1.54, 1.807) is 0 Å². The molecule has 3 N–H and O–H groups in total. The van der Waals surface area contributed by atoms with Crippen LogP contribution >= 0.6 is 15.6 Å². The summed E-state index contributed by atoms with van der Waals surface area (Å²) < 4.78 is 67.8. The van der Waals surface area contributed by atoms with Gasteiger partial charge in [0.1, 0.15) is 19.3 Å². The summed E-state index contributed by atoms with van der Waals surface area (Å²) in [5, 5.41) is 10.5. The highest BCUT2D eigenvalue weighted by molar-refractivity contribution is 7.47. The summed E-state index contributed by atoms with van der Waals surface area (Å²) in [6.45, 7) is 11.6. The van der Waals surface area contributed by atoms with Crippen LogP contribution in [-0.2, 0) is 65.4 Å². The Labute approximate surface area is 492 Å². The van der Waals surface area contributed by atoms with Gasteiger partial charge in [-0.1, -0.05) is 248 Å². The molecule has 0 radical (unpaired) electrons. The number of unbranched alkanes of at least 4 members (excludes halogenated alkanes) is 28. The van der Waals surface area contributed by atoms with E-state index >= 15 is 0 Å². The van der Waals surface area contributed by atoms with Crippen LogP contribution in [0.3, 0.4) is 0 Å². The zero-order valence-corrected chi connectivity index (χ0v) is 54.0. The molecule has 0 heterocycles. The van der Waals surface area contributed by atoms with Gasteiger partial charge < -0.3 is 33.8 Å². The predicted molar refractivity (Wildman–Crippen MR) is 321 cm³/mol. The second kappa shape index (κ2) is 53.5. The van der Waals surface area contributed by atoms with Crippen LogP contribution < -0.4 is 0 Å². The lowest BCUT2D eigenvalue weighted by Gasteiger charge is -2.21. The Balaban J connectivity index is 5.18. The van der Waals surface area contributed by atoms with Crippen molar-refractivity contribution < 1.29 is 80.2 Å². The topological polar surface area (TPSA) is 237 Å². The van der Waals surface area contributed by atoms with Crippen molar-refractivity contribution in [1.29, 1.82) is 0 Å². The molecule has 0 fully saturated rings. The van der Waals surface area contributed by atoms with Crippen molar-refractivity contribution in [3.05, 3.63) is 0 Å². The Kier molecular flexibility index (Phi) is 52.2. The first-order valence-electron chi connectivity index (χ1n) is 32.3. The highest BCUT2D eigenvalue weighted by atomic mass is 31.2. The minimum absolute atomic E-state index is 0.101. The van der Waals surface area contributed by atoms with Crippen LogP contribution in [0.15, 0.2) is 0 Å². The van der Waals surface area contributed by atoms with Crippen molar-refractivity contribution in [2.45, 2.75) is 317 Å². The number of ether oxygens (including phenoxy) is 4. The fourth-order valence-corrected chi connectivity index (χ4v) is 10.7. The molecular weight excluding hydrogens is 1080 g/mol. The van der Waals surface area contributed by atoms with Gasteiger partial charge in [0, 0.05) is 25.7 Å². The maximum absolute atomic E-state index is 12.9. The Morgan fingerprint density at radius 2 is 0.568 bits per heavy atom. The van der Waals surface area contributed by atoms with Crippen LogP contribution in [0.5, 0.6) is 0 Å². The number of esters is 4. The average molecular weight is 1200 g/mol. The number of aliphatic hydroxyl groups excluding tert-OH is 1. The van der Waals surface area contributed by atoms with Gasteiger partial charge in [-0.25, -0.2) is 9.13 Å². The van der Waals surface area contributed by atoms with Crippen molar-refractivity contribution in [2.24, 2.45) is 17.8 Å². The summed E-state index contributed by atoms with van der Waals surface area (Å²) in [4.78, 5) is 71.9. The molecule has 0 aliphatic heterocycles. The lowest BCUT2D eigenvalue weighted by Crippen LogP contribution is -2.30. The number of aliphatic hydroxyl groups is 1. The number of phosphoric ester groups is 2. The van der Waals surface area contributed by atoms with E-state index in [0.717, 1.165) is 115 Å². The molecule has 17 nitrogen and oxygen atoms in total. The van der Waals surface area contributed by atoms with Crippen molar-refractivity contribution in [1.82, 2.24) is 0 Å². The van der Waals surface area contributed by atoms with Crippen LogP contribution in [0.2, 0.25) is 0 Å². The second-order valence-corrected chi connectivity index (χ2v) is 26.8. The van der Waals surface area contributed by atoms with Crippen LogP contribution in [0.25, 0.3) is 0 Å². The molecule has 0 saturated carbocycles. The summed E-state index contributed by atoms with van der Waals surface area (Å²) in [7, 11) is -9.88. The van der Waals surface area contributed by atoms with Crippen molar-refractivity contribution >= 4 is 39.5 Å². The maximum atomic E-state index is 12.9. The molecular formula is C62H120O17P2. The Morgan fingerprint density at radius 1 is 0.333 bits per heavy atom. The Morgan fingerprint density at radius 3 is 0.840 bits per heavy atom. The van der Waals surface area contributed by atoms with Crippen molar-refractivity contribution in [3.8, 4) is 0 Å². The predicted octanol–water partition coefficient (Wildman–Crippen LogP) is 16.7. The van der Waals surface area contributed by atoms with E-state index in [1.165, 1.54) is 89.9 Å². The van der Waals surface area contributed by atoms with E-state index in [0.29, 0.717) is 37.5 Å². The zero-order chi connectivity index (χ0) is 60.3. The van der Waals surface area contributed by atoms with Gasteiger partial charge in [-0.15, -0.1) is 0 Å². The van der Waals surface area contributed by atoms with Gasteiger partial charge in [-0.2, -0.15) is 0 Å². The van der Waals surface area contributed by atoms with Crippen molar-refractivity contribution in [3.63, 3.8) is 0 Å². The van der Waals surface area contributed by atoms with Gasteiger partial charge in [0.2, 0.25) is 0 Å². The molecule has 19 heteroatoms. The fraction of sp³-hybridized carbons (Fsp3) is 0.935. The molecule has 0 aromatic rings. The summed E-state index contributed by atoms with van der Waals surface area (Å²) in [5.74, 6) is -0.0128. The smallest absolute Gasteiger partial charge is 0.462 e. The lowest BCUT2D eigenvalue weighted by molar-refractivity contribution is -0.161. The van der Waals surface area contributed by atoms with Gasteiger partial charge in [0.15, 0.2) is 12.2 Å². The fourth-order valence-electron chi connectivity index (χ4n) is 9.13. The normalized spacial score (nSPS) is 14.4. The first-order valence-corrected chi connectivity index (χ1v) is 35.3. The first kappa shape index (κ1) is 79.1. The van der Waals surface area contributed by atoms with Crippen LogP contribution in [0, 0.1) is 17.8 Å². The molecule has 81 heavy (non-hydrogen) atoms. The Hall–Kier alpha value is -1.94. The molecule has 0 aromatic carbocycles. The number of carbonyl (C=O) groups is 4. The van der Waals surface area contributed by atoms with E-state index in [9.17, 15) is 43.2 Å². The molecule has 0 rings (SSSR count). The molecule has 5 atom stereocenters. The summed E-state index contributed by atoms with van der Waals surface area (Å²) in [6, 6.07) is 0. The highest BCUT2D eigenvalue weighted by Crippen LogP contribution is 2.45. The third-order valence-electron chi connectivity index (χ3n) is 14.1. The number of hydrogen-bond acceptors (Lipinski definition) is 15. The minimum atomic E-state index is -4.94. The third-order valence-corrected chi connectivity index (χ3v) is 16.0. The number of hydrogen-bond donors (Lipinski definition) is 3. The van der Waals surface area contributed by atoms with E-state index in [-0.39, 0.29) is 25.7 Å². The quantitative estimate of drug-likeness (QED) is 0.0222.